The summed E-state index contributed by atoms with van der Waals surface area (Å²) in [5.74, 6) is 0.427. The Bertz CT molecular complexity index is 1310. The Hall–Kier alpha value is -3.26. The molecule has 0 radical (unpaired) electrons. The van der Waals surface area contributed by atoms with E-state index in [0.717, 1.165) is 5.56 Å². The molecule has 0 fully saturated rings. The van der Waals surface area contributed by atoms with E-state index in [4.69, 9.17) is 44.3 Å². The Morgan fingerprint density at radius 2 is 1.64 bits per heavy atom. The standard InChI is InChI=1S/C29H30Cl3N3O4/c1-4-38-27-14-19(5-12-26(27)39-17-21-8-11-23(31)15-24(21)32)16-33-35-29(37)25(13-18(2)3)34-28(36)20-6-9-22(30)10-7-20/h5-12,14-16,18,25H,4,13,17H2,1-3H3,(H,34,36)(H,35,37). The SMILES string of the molecule is CCOc1cc(C=NNC(=O)C(CC(C)C)NC(=O)c2ccc(Cl)cc2)ccc1OCc1ccc(Cl)cc1Cl. The number of amides is 2. The highest BCUT2D eigenvalue weighted by Crippen LogP contribution is 2.30. The van der Waals surface area contributed by atoms with Crippen molar-refractivity contribution in [3.63, 3.8) is 0 Å². The lowest BCUT2D eigenvalue weighted by atomic mass is 10.0. The number of hydrogen-bond acceptors (Lipinski definition) is 5. The van der Waals surface area contributed by atoms with Gasteiger partial charge in [-0.1, -0.05) is 54.7 Å². The summed E-state index contributed by atoms with van der Waals surface area (Å²) in [6.45, 7) is 6.47. The number of rotatable bonds is 12. The average Bonchev–Trinajstić information content (AvgIpc) is 2.89. The molecule has 0 heterocycles. The Morgan fingerprint density at radius 3 is 2.31 bits per heavy atom. The van der Waals surface area contributed by atoms with E-state index < -0.39 is 11.9 Å². The molecule has 7 nitrogen and oxygen atoms in total. The van der Waals surface area contributed by atoms with Gasteiger partial charge in [-0.05, 0) is 79.4 Å². The van der Waals surface area contributed by atoms with Crippen LogP contribution in [0.25, 0.3) is 0 Å². The van der Waals surface area contributed by atoms with Crippen LogP contribution in [0.15, 0.2) is 65.8 Å². The van der Waals surface area contributed by atoms with Crippen molar-refractivity contribution in [1.29, 1.82) is 0 Å². The highest BCUT2D eigenvalue weighted by molar-refractivity contribution is 6.35. The molecule has 0 spiro atoms. The lowest BCUT2D eigenvalue weighted by Crippen LogP contribution is -2.46. The van der Waals surface area contributed by atoms with Crippen molar-refractivity contribution in [2.45, 2.75) is 39.8 Å². The first-order chi connectivity index (χ1) is 18.7. The zero-order valence-corrected chi connectivity index (χ0v) is 24.1. The molecule has 3 aromatic carbocycles. The molecular weight excluding hydrogens is 561 g/mol. The number of carbonyl (C=O) groups is 2. The molecule has 0 aliphatic heterocycles. The van der Waals surface area contributed by atoms with E-state index in [0.29, 0.717) is 50.7 Å². The van der Waals surface area contributed by atoms with Gasteiger partial charge >= 0.3 is 0 Å². The monoisotopic (exact) mass is 589 g/mol. The van der Waals surface area contributed by atoms with Crippen LogP contribution in [0.1, 0.15) is 48.7 Å². The van der Waals surface area contributed by atoms with Gasteiger partial charge in [-0.2, -0.15) is 5.10 Å². The summed E-state index contributed by atoms with van der Waals surface area (Å²) in [4.78, 5) is 25.5. The molecule has 206 valence electrons. The molecule has 1 atom stereocenters. The van der Waals surface area contributed by atoms with Crippen LogP contribution in [0.5, 0.6) is 11.5 Å². The third-order valence-electron chi connectivity index (χ3n) is 5.49. The molecule has 39 heavy (non-hydrogen) atoms. The van der Waals surface area contributed by atoms with Crippen molar-refractivity contribution >= 4 is 52.8 Å². The number of ether oxygens (including phenoxy) is 2. The van der Waals surface area contributed by atoms with Gasteiger partial charge in [-0.15, -0.1) is 0 Å². The molecule has 2 N–H and O–H groups in total. The zero-order chi connectivity index (χ0) is 28.4. The van der Waals surface area contributed by atoms with Crippen LogP contribution in [0.3, 0.4) is 0 Å². The molecule has 1 unspecified atom stereocenters. The van der Waals surface area contributed by atoms with Gasteiger partial charge in [0.25, 0.3) is 11.8 Å². The van der Waals surface area contributed by atoms with Gasteiger partial charge in [-0.25, -0.2) is 5.43 Å². The largest absolute Gasteiger partial charge is 0.490 e. The molecule has 0 saturated carbocycles. The quantitative estimate of drug-likeness (QED) is 0.177. The van der Waals surface area contributed by atoms with Crippen LogP contribution in [0.2, 0.25) is 15.1 Å². The Labute approximate surface area is 243 Å². The number of halogens is 3. The maximum atomic E-state index is 12.9. The number of nitrogens with one attached hydrogen (secondary N) is 2. The third kappa shape index (κ3) is 9.46. The summed E-state index contributed by atoms with van der Waals surface area (Å²) in [5.41, 5.74) is 4.40. The molecule has 0 aromatic heterocycles. The van der Waals surface area contributed by atoms with E-state index in [1.165, 1.54) is 6.21 Å². The van der Waals surface area contributed by atoms with E-state index >= 15 is 0 Å². The minimum Gasteiger partial charge on any atom is -0.490 e. The van der Waals surface area contributed by atoms with E-state index in [9.17, 15) is 9.59 Å². The second-order valence-electron chi connectivity index (χ2n) is 9.06. The summed E-state index contributed by atoms with van der Waals surface area (Å²) in [5, 5.41) is 8.45. The van der Waals surface area contributed by atoms with E-state index in [1.54, 1.807) is 60.7 Å². The average molecular weight is 591 g/mol. The molecule has 3 aromatic rings. The lowest BCUT2D eigenvalue weighted by Gasteiger charge is -2.19. The Balaban J connectivity index is 1.65. The fourth-order valence-electron chi connectivity index (χ4n) is 3.58. The van der Waals surface area contributed by atoms with Crippen molar-refractivity contribution < 1.29 is 19.1 Å². The molecule has 3 rings (SSSR count). The smallest absolute Gasteiger partial charge is 0.262 e. The van der Waals surface area contributed by atoms with Gasteiger partial charge in [0.1, 0.15) is 12.6 Å². The first-order valence-electron chi connectivity index (χ1n) is 12.4. The first-order valence-corrected chi connectivity index (χ1v) is 13.5. The Kier molecular flexibility index (Phi) is 11.5. The first kappa shape index (κ1) is 30.3. The highest BCUT2D eigenvalue weighted by atomic mass is 35.5. The fraction of sp³-hybridized carbons (Fsp3) is 0.276. The fourth-order valence-corrected chi connectivity index (χ4v) is 4.17. The zero-order valence-electron chi connectivity index (χ0n) is 21.8. The number of carbonyl (C=O) groups excluding carboxylic acids is 2. The van der Waals surface area contributed by atoms with Gasteiger partial charge < -0.3 is 14.8 Å². The summed E-state index contributed by atoms with van der Waals surface area (Å²) in [6.07, 6.45) is 1.94. The Morgan fingerprint density at radius 1 is 0.923 bits per heavy atom. The van der Waals surface area contributed by atoms with Crippen molar-refractivity contribution in [3.05, 3.63) is 92.4 Å². The summed E-state index contributed by atoms with van der Waals surface area (Å²) < 4.78 is 11.7. The number of hydrogen-bond donors (Lipinski definition) is 2. The van der Waals surface area contributed by atoms with Crippen LogP contribution in [-0.2, 0) is 11.4 Å². The van der Waals surface area contributed by atoms with E-state index in [1.807, 2.05) is 20.8 Å². The molecule has 0 aliphatic rings. The summed E-state index contributed by atoms with van der Waals surface area (Å²) >= 11 is 18.1. The molecular formula is C29H30Cl3N3O4. The normalized spacial score (nSPS) is 11.9. The van der Waals surface area contributed by atoms with E-state index in [2.05, 4.69) is 15.8 Å². The lowest BCUT2D eigenvalue weighted by molar-refractivity contribution is -0.123. The number of benzene rings is 3. The van der Waals surface area contributed by atoms with Crippen molar-refractivity contribution in [2.75, 3.05) is 6.61 Å². The molecule has 2 amide bonds. The van der Waals surface area contributed by atoms with Gasteiger partial charge in [0.05, 0.1) is 12.8 Å². The van der Waals surface area contributed by atoms with Crippen LogP contribution in [0, 0.1) is 5.92 Å². The van der Waals surface area contributed by atoms with Gasteiger partial charge in [-0.3, -0.25) is 9.59 Å². The van der Waals surface area contributed by atoms with Crippen molar-refractivity contribution in [2.24, 2.45) is 11.0 Å². The maximum absolute atomic E-state index is 12.9. The van der Waals surface area contributed by atoms with Crippen LogP contribution in [-0.4, -0.2) is 30.7 Å². The van der Waals surface area contributed by atoms with Crippen LogP contribution < -0.4 is 20.2 Å². The third-order valence-corrected chi connectivity index (χ3v) is 6.33. The minimum absolute atomic E-state index is 0.166. The highest BCUT2D eigenvalue weighted by Gasteiger charge is 2.22. The predicted molar refractivity (Wildman–Crippen MR) is 156 cm³/mol. The molecule has 0 saturated heterocycles. The van der Waals surface area contributed by atoms with Gasteiger partial charge in [0.2, 0.25) is 0 Å². The molecule has 10 heteroatoms. The molecule has 0 aliphatic carbocycles. The van der Waals surface area contributed by atoms with Gasteiger partial charge in [0.15, 0.2) is 11.5 Å². The number of hydrazone groups is 1. The second kappa shape index (κ2) is 14.8. The second-order valence-corrected chi connectivity index (χ2v) is 10.3. The number of nitrogens with zero attached hydrogens (tertiary/aromatic N) is 1. The van der Waals surface area contributed by atoms with Crippen LogP contribution in [0.4, 0.5) is 0 Å². The topological polar surface area (TPSA) is 89.0 Å². The van der Waals surface area contributed by atoms with E-state index in [-0.39, 0.29) is 18.4 Å². The maximum Gasteiger partial charge on any atom is 0.262 e. The van der Waals surface area contributed by atoms with Crippen molar-refractivity contribution in [3.8, 4) is 11.5 Å². The minimum atomic E-state index is -0.764. The van der Waals surface area contributed by atoms with Gasteiger partial charge in [0, 0.05) is 26.2 Å². The summed E-state index contributed by atoms with van der Waals surface area (Å²) in [7, 11) is 0. The predicted octanol–water partition coefficient (Wildman–Crippen LogP) is 6.92. The van der Waals surface area contributed by atoms with Crippen molar-refractivity contribution in [1.82, 2.24) is 10.7 Å². The van der Waals surface area contributed by atoms with Crippen LogP contribution >= 0.6 is 34.8 Å². The molecule has 0 bridgehead atoms. The summed E-state index contributed by atoms with van der Waals surface area (Å²) in [6, 6.07) is 16.2.